The van der Waals surface area contributed by atoms with Crippen LogP contribution in [0, 0.1) is 5.92 Å². The summed E-state index contributed by atoms with van der Waals surface area (Å²) in [5, 5.41) is 24.8. The zero-order chi connectivity index (χ0) is 34.5. The number of carbonyl (C=O) groups is 5. The smallest absolute Gasteiger partial charge is 0.271 e. The fraction of sp³-hybridized carbons (Fsp3) is 0.545. The van der Waals surface area contributed by atoms with Gasteiger partial charge in [-0.1, -0.05) is 50.6 Å². The van der Waals surface area contributed by atoms with Gasteiger partial charge in [0.25, 0.3) is 5.91 Å². The van der Waals surface area contributed by atoms with Gasteiger partial charge in [-0.3, -0.25) is 29.0 Å². The van der Waals surface area contributed by atoms with Crippen molar-refractivity contribution in [2.75, 3.05) is 12.3 Å². The molecule has 0 spiro atoms. The maximum atomic E-state index is 14.1. The molecule has 1 aromatic carbocycles. The third-order valence-electron chi connectivity index (χ3n) is 9.02. The molecule has 258 valence electrons. The lowest BCUT2D eigenvalue weighted by Gasteiger charge is -2.31. The monoisotopic (exact) mass is 697 g/mol. The number of benzene rings is 1. The lowest BCUT2D eigenvalue weighted by Crippen LogP contribution is -2.60. The number of aliphatic imine (C=N–C) groups is 1. The second-order valence-electron chi connectivity index (χ2n) is 12.6. The summed E-state index contributed by atoms with van der Waals surface area (Å²) in [6, 6.07) is 4.28. The quantitative estimate of drug-likeness (QED) is 0.312. The minimum atomic E-state index is -1.30. The van der Waals surface area contributed by atoms with Crippen molar-refractivity contribution in [3.8, 4) is 0 Å². The molecule has 5 N–H and O–H groups in total. The summed E-state index contributed by atoms with van der Waals surface area (Å²) in [5.41, 5.74) is 0.927. The second kappa shape index (κ2) is 15.6. The van der Waals surface area contributed by atoms with Gasteiger partial charge in [0.2, 0.25) is 23.6 Å². The molecule has 15 heteroatoms. The number of carbonyl (C=O) groups excluding carboxylic acids is 5. The molecule has 3 aliphatic heterocycles. The fourth-order valence-corrected chi connectivity index (χ4v) is 8.06. The molecule has 13 nitrogen and oxygen atoms in total. The van der Waals surface area contributed by atoms with Crippen molar-refractivity contribution in [1.82, 2.24) is 31.2 Å². The lowest BCUT2D eigenvalue weighted by molar-refractivity contribution is -0.141. The highest BCUT2D eigenvalue weighted by Crippen LogP contribution is 2.27. The average Bonchev–Trinajstić information content (AvgIpc) is 3.86. The number of aliphatic hydroxyl groups is 1. The Morgan fingerprint density at radius 2 is 1.71 bits per heavy atom. The van der Waals surface area contributed by atoms with Gasteiger partial charge in [0.1, 0.15) is 34.9 Å². The van der Waals surface area contributed by atoms with Crippen molar-refractivity contribution in [3.63, 3.8) is 0 Å². The molecule has 5 amide bonds. The molecule has 2 aromatic rings. The Balaban J connectivity index is 1.50. The molecule has 1 fully saturated rings. The first-order valence-electron chi connectivity index (χ1n) is 16.4. The summed E-state index contributed by atoms with van der Waals surface area (Å²) < 4.78 is 0. The number of nitrogens with one attached hydrogen (secondary N) is 4. The van der Waals surface area contributed by atoms with Crippen LogP contribution in [0.15, 0.2) is 40.7 Å². The summed E-state index contributed by atoms with van der Waals surface area (Å²) in [7, 11) is 0. The number of hydrogen-bond donors (Lipinski definition) is 5. The van der Waals surface area contributed by atoms with Gasteiger partial charge in [-0.25, -0.2) is 4.98 Å². The summed E-state index contributed by atoms with van der Waals surface area (Å²) >= 11 is 2.61. The molecule has 0 aliphatic carbocycles. The topological polar surface area (TPSA) is 182 Å². The highest BCUT2D eigenvalue weighted by Gasteiger charge is 2.41. The maximum absolute atomic E-state index is 14.1. The van der Waals surface area contributed by atoms with Crippen molar-refractivity contribution >= 4 is 57.7 Å². The summed E-state index contributed by atoms with van der Waals surface area (Å²) in [6.45, 7) is 7.42. The minimum absolute atomic E-state index is 0.0591. The Morgan fingerprint density at radius 3 is 2.42 bits per heavy atom. The van der Waals surface area contributed by atoms with Gasteiger partial charge in [-0.15, -0.1) is 23.1 Å². The summed E-state index contributed by atoms with van der Waals surface area (Å²) in [4.78, 5) is 78.9. The molecule has 4 bridgehead atoms. The van der Waals surface area contributed by atoms with E-state index in [1.165, 1.54) is 34.9 Å². The molecule has 1 unspecified atom stereocenters. The van der Waals surface area contributed by atoms with Gasteiger partial charge >= 0.3 is 0 Å². The van der Waals surface area contributed by atoms with Crippen LogP contribution in [-0.4, -0.2) is 98.2 Å². The van der Waals surface area contributed by atoms with E-state index >= 15 is 0 Å². The average molecular weight is 698 g/mol. The third kappa shape index (κ3) is 8.06. The number of thiazole rings is 1. The van der Waals surface area contributed by atoms with Crippen molar-refractivity contribution in [2.24, 2.45) is 10.9 Å². The zero-order valence-electron chi connectivity index (χ0n) is 27.5. The number of rotatable bonds is 5. The van der Waals surface area contributed by atoms with E-state index in [9.17, 15) is 29.1 Å². The van der Waals surface area contributed by atoms with E-state index in [4.69, 9.17) is 0 Å². The van der Waals surface area contributed by atoms with Gasteiger partial charge in [0, 0.05) is 24.1 Å². The van der Waals surface area contributed by atoms with Gasteiger partial charge in [-0.05, 0) is 38.2 Å². The Labute approximate surface area is 288 Å². The number of amides is 5. The fourth-order valence-electron chi connectivity index (χ4n) is 6.03. The van der Waals surface area contributed by atoms with Crippen LogP contribution in [0.25, 0.3) is 0 Å². The van der Waals surface area contributed by atoms with Crippen LogP contribution in [-0.2, 0) is 25.6 Å². The predicted molar refractivity (Wildman–Crippen MR) is 183 cm³/mol. The van der Waals surface area contributed by atoms with Gasteiger partial charge < -0.3 is 31.3 Å². The van der Waals surface area contributed by atoms with Crippen LogP contribution in [0.1, 0.15) is 74.1 Å². The molecule has 48 heavy (non-hydrogen) atoms. The SMILES string of the molecule is CCC(C)[C@H]1NC(=O)[C@H]([C@@H](C)O)NC(=O)[C@@H]2CCCN2C(=O)[C@H](Cc2ccccc2)NC(=O)c2csc(n2)[C@@H](C)NC(=O)[C@@H]2CSC1=N2. The van der Waals surface area contributed by atoms with Gasteiger partial charge in [0.15, 0.2) is 0 Å². The second-order valence-corrected chi connectivity index (χ2v) is 14.5. The molecular formula is C33H43N7O6S2. The van der Waals surface area contributed by atoms with E-state index in [1.807, 2.05) is 44.2 Å². The summed E-state index contributed by atoms with van der Waals surface area (Å²) in [6.07, 6.45) is 0.541. The Kier molecular flexibility index (Phi) is 11.5. The van der Waals surface area contributed by atoms with Crippen molar-refractivity contribution in [1.29, 1.82) is 0 Å². The number of thioether (sulfide) groups is 1. The van der Waals surface area contributed by atoms with Crippen LogP contribution >= 0.6 is 23.1 Å². The van der Waals surface area contributed by atoms with E-state index in [-0.39, 0.29) is 30.5 Å². The Bertz CT molecular complexity index is 1550. The molecule has 1 saturated heterocycles. The molecule has 8 atom stereocenters. The Hall–Kier alpha value is -3.82. The number of aromatic nitrogens is 1. The van der Waals surface area contributed by atoms with Crippen LogP contribution in [0.5, 0.6) is 0 Å². The van der Waals surface area contributed by atoms with Gasteiger partial charge in [0.05, 0.1) is 23.2 Å². The van der Waals surface area contributed by atoms with Gasteiger partial charge in [-0.2, -0.15) is 0 Å². The number of hydrogen-bond acceptors (Lipinski definition) is 10. The zero-order valence-corrected chi connectivity index (χ0v) is 29.1. The van der Waals surface area contributed by atoms with E-state index < -0.39 is 66.0 Å². The standard InChI is InChI=1S/C33H43N7O6S2/c1-5-17(2)25-32-37-22(16-48-32)27(42)34-18(3)31-36-23(15-47-31)28(43)35-21(14-20-10-7-6-8-11-20)33(46)40-13-9-12-24(40)29(44)39-26(19(4)41)30(45)38-25/h6-8,10-11,15,17-19,21-22,24-26,41H,5,9,12-14,16H2,1-4H3,(H,34,42)(H,35,43)(H,38,45)(H,39,44)/t17?,18-,19-,21+,22+,24+,25-,26+/m1/s1. The van der Waals surface area contributed by atoms with Crippen molar-refractivity contribution < 1.29 is 29.1 Å². The molecule has 0 radical (unpaired) electrons. The first-order valence-corrected chi connectivity index (χ1v) is 18.2. The van der Waals surface area contributed by atoms with E-state index in [2.05, 4.69) is 31.2 Å². The van der Waals surface area contributed by atoms with Crippen molar-refractivity contribution in [2.45, 2.75) is 95.7 Å². The molecule has 1 aromatic heterocycles. The first kappa shape index (κ1) is 35.5. The largest absolute Gasteiger partial charge is 0.391 e. The summed E-state index contributed by atoms with van der Waals surface area (Å²) in [5.74, 6) is -2.14. The maximum Gasteiger partial charge on any atom is 0.271 e. The van der Waals surface area contributed by atoms with E-state index in [1.54, 1.807) is 12.3 Å². The van der Waals surface area contributed by atoms with Crippen LogP contribution in [0.2, 0.25) is 0 Å². The normalized spacial score (nSPS) is 28.6. The minimum Gasteiger partial charge on any atom is -0.391 e. The number of nitrogens with zero attached hydrogens (tertiary/aromatic N) is 3. The molecular weight excluding hydrogens is 655 g/mol. The highest BCUT2D eigenvalue weighted by molar-refractivity contribution is 8.14. The lowest BCUT2D eigenvalue weighted by atomic mass is 9.99. The highest BCUT2D eigenvalue weighted by atomic mass is 32.2. The van der Waals surface area contributed by atoms with E-state index in [0.717, 1.165) is 5.56 Å². The van der Waals surface area contributed by atoms with Crippen LogP contribution in [0.4, 0.5) is 0 Å². The van der Waals surface area contributed by atoms with E-state index in [0.29, 0.717) is 35.1 Å². The number of fused-ring (bicyclic) bond motifs is 4. The predicted octanol–water partition coefficient (Wildman–Crippen LogP) is 1.58. The van der Waals surface area contributed by atoms with Crippen molar-refractivity contribution in [3.05, 3.63) is 52.0 Å². The third-order valence-corrected chi connectivity index (χ3v) is 11.2. The van der Waals surface area contributed by atoms with Crippen LogP contribution < -0.4 is 21.3 Å². The molecule has 4 heterocycles. The molecule has 3 aliphatic rings. The molecule has 0 saturated carbocycles. The Morgan fingerprint density at radius 1 is 0.979 bits per heavy atom. The first-order chi connectivity index (χ1) is 23.0. The molecule has 5 rings (SSSR count). The van der Waals surface area contributed by atoms with Crippen LogP contribution in [0.3, 0.4) is 0 Å². The number of aliphatic hydroxyl groups excluding tert-OH is 1.